The van der Waals surface area contributed by atoms with E-state index in [1.54, 1.807) is 24.4 Å². The summed E-state index contributed by atoms with van der Waals surface area (Å²) in [5.41, 5.74) is 6.72. The molecule has 1 heterocycles. The van der Waals surface area contributed by atoms with Crippen LogP contribution in [0.15, 0.2) is 28.9 Å². The Morgan fingerprint density at radius 2 is 2.24 bits per heavy atom. The zero-order chi connectivity index (χ0) is 12.4. The topological polar surface area (TPSA) is 68.0 Å². The van der Waals surface area contributed by atoms with Gasteiger partial charge in [-0.1, -0.05) is 15.9 Å². The van der Waals surface area contributed by atoms with Crippen LogP contribution < -0.4 is 11.1 Å². The van der Waals surface area contributed by atoms with Crippen LogP contribution in [0.3, 0.4) is 0 Å². The Morgan fingerprint density at radius 1 is 1.47 bits per heavy atom. The fourth-order valence-electron chi connectivity index (χ4n) is 1.33. The molecule has 88 valence electrons. The zero-order valence-electron chi connectivity index (χ0n) is 9.03. The lowest BCUT2D eigenvalue weighted by Gasteiger charge is -2.03. The van der Waals surface area contributed by atoms with Crippen LogP contribution in [-0.2, 0) is 0 Å². The van der Waals surface area contributed by atoms with Gasteiger partial charge >= 0.3 is 0 Å². The fraction of sp³-hybridized carbons (Fsp3) is 0.0909. The molecule has 0 radical (unpaired) electrons. The van der Waals surface area contributed by atoms with Crippen molar-refractivity contribution in [1.29, 1.82) is 0 Å². The number of carbonyl (C=O) groups excluding carboxylic acids is 1. The Labute approximate surface area is 111 Å². The third-order valence-corrected chi connectivity index (χ3v) is 3.31. The number of nitrogens with zero attached hydrogens (tertiary/aromatic N) is 1. The molecule has 3 N–H and O–H groups in total. The highest BCUT2D eigenvalue weighted by atomic mass is 79.9. The molecule has 0 saturated heterocycles. The van der Waals surface area contributed by atoms with Crippen LogP contribution in [0.25, 0.3) is 0 Å². The van der Waals surface area contributed by atoms with Gasteiger partial charge in [0.1, 0.15) is 0 Å². The maximum Gasteiger partial charge on any atom is 0.257 e. The lowest BCUT2D eigenvalue weighted by molar-refractivity contribution is 0.102. The number of carbonyl (C=O) groups is 1. The van der Waals surface area contributed by atoms with Gasteiger partial charge in [-0.05, 0) is 25.1 Å². The number of amides is 1. The standard InChI is InChI=1S/C11H10BrN3OS/c1-6-5-14-11(17-6)15-10(16)7-2-8(12)4-9(13)3-7/h2-5H,13H2,1H3,(H,14,15,16). The number of hydrogen-bond donors (Lipinski definition) is 2. The first-order valence-electron chi connectivity index (χ1n) is 4.84. The summed E-state index contributed by atoms with van der Waals surface area (Å²) < 4.78 is 0.776. The molecule has 0 bridgehead atoms. The fourth-order valence-corrected chi connectivity index (χ4v) is 2.50. The van der Waals surface area contributed by atoms with Crippen LogP contribution in [0, 0.1) is 6.92 Å². The molecule has 0 unspecified atom stereocenters. The average Bonchev–Trinajstić information content (AvgIpc) is 2.62. The summed E-state index contributed by atoms with van der Waals surface area (Å²) in [7, 11) is 0. The summed E-state index contributed by atoms with van der Waals surface area (Å²) >= 11 is 4.73. The highest BCUT2D eigenvalue weighted by Gasteiger charge is 2.09. The van der Waals surface area contributed by atoms with Gasteiger partial charge in [0, 0.05) is 26.8 Å². The Hall–Kier alpha value is -1.40. The Bertz CT molecular complexity index is 547. The smallest absolute Gasteiger partial charge is 0.257 e. The molecular formula is C11H10BrN3OS. The number of benzene rings is 1. The summed E-state index contributed by atoms with van der Waals surface area (Å²) in [5, 5.41) is 3.31. The number of halogens is 1. The van der Waals surface area contributed by atoms with Gasteiger partial charge in [0.25, 0.3) is 5.91 Å². The van der Waals surface area contributed by atoms with Crippen molar-refractivity contribution in [3.05, 3.63) is 39.3 Å². The van der Waals surface area contributed by atoms with Gasteiger partial charge in [-0.2, -0.15) is 0 Å². The predicted octanol–water partition coefficient (Wildman–Crippen LogP) is 3.05. The SMILES string of the molecule is Cc1cnc(NC(=O)c2cc(N)cc(Br)c2)s1. The van der Waals surface area contributed by atoms with E-state index in [9.17, 15) is 4.79 Å². The van der Waals surface area contributed by atoms with Crippen molar-refractivity contribution in [2.75, 3.05) is 11.1 Å². The van der Waals surface area contributed by atoms with E-state index in [4.69, 9.17) is 5.73 Å². The molecule has 2 aromatic rings. The number of nitrogens with two attached hydrogens (primary N) is 1. The number of rotatable bonds is 2. The van der Waals surface area contributed by atoms with Crippen LogP contribution in [-0.4, -0.2) is 10.9 Å². The second-order valence-electron chi connectivity index (χ2n) is 3.50. The van der Waals surface area contributed by atoms with Gasteiger partial charge in [-0.3, -0.25) is 10.1 Å². The van der Waals surface area contributed by atoms with Crippen molar-refractivity contribution >= 4 is 44.0 Å². The molecule has 4 nitrogen and oxygen atoms in total. The first kappa shape index (κ1) is 12.1. The van der Waals surface area contributed by atoms with E-state index in [0.717, 1.165) is 9.35 Å². The van der Waals surface area contributed by atoms with E-state index in [2.05, 4.69) is 26.2 Å². The molecular weight excluding hydrogens is 302 g/mol. The summed E-state index contributed by atoms with van der Waals surface area (Å²) in [4.78, 5) is 17.0. The highest BCUT2D eigenvalue weighted by molar-refractivity contribution is 9.10. The highest BCUT2D eigenvalue weighted by Crippen LogP contribution is 2.20. The van der Waals surface area contributed by atoms with Gasteiger partial charge in [0.2, 0.25) is 0 Å². The molecule has 0 aliphatic heterocycles. The molecule has 0 aliphatic rings. The van der Waals surface area contributed by atoms with Crippen LogP contribution in [0.5, 0.6) is 0 Å². The lowest BCUT2D eigenvalue weighted by atomic mass is 10.2. The van der Waals surface area contributed by atoms with Crippen molar-refractivity contribution < 1.29 is 4.79 Å². The summed E-state index contributed by atoms with van der Waals surface area (Å²) in [6.45, 7) is 1.93. The second kappa shape index (κ2) is 4.85. The van der Waals surface area contributed by atoms with Crippen LogP contribution in [0.4, 0.5) is 10.8 Å². The van der Waals surface area contributed by atoms with E-state index in [1.807, 2.05) is 6.92 Å². The first-order chi connectivity index (χ1) is 8.04. The number of anilines is 2. The van der Waals surface area contributed by atoms with E-state index in [0.29, 0.717) is 16.4 Å². The third kappa shape index (κ3) is 3.04. The van der Waals surface area contributed by atoms with E-state index < -0.39 is 0 Å². The Kier molecular flexibility index (Phi) is 3.44. The monoisotopic (exact) mass is 311 g/mol. The van der Waals surface area contributed by atoms with Gasteiger partial charge in [-0.15, -0.1) is 11.3 Å². The Balaban J connectivity index is 2.19. The number of nitrogen functional groups attached to an aromatic ring is 1. The summed E-state index contributed by atoms with van der Waals surface area (Å²) in [5.74, 6) is -0.215. The van der Waals surface area contributed by atoms with Gasteiger partial charge in [0.05, 0.1) is 0 Å². The zero-order valence-corrected chi connectivity index (χ0v) is 11.4. The van der Waals surface area contributed by atoms with Crippen LogP contribution in [0.2, 0.25) is 0 Å². The predicted molar refractivity (Wildman–Crippen MR) is 73.4 cm³/mol. The molecule has 0 aliphatic carbocycles. The van der Waals surface area contributed by atoms with Crippen molar-refractivity contribution in [2.24, 2.45) is 0 Å². The maximum atomic E-state index is 11.9. The van der Waals surface area contributed by atoms with Crippen LogP contribution >= 0.6 is 27.3 Å². The molecule has 1 amide bonds. The summed E-state index contributed by atoms with van der Waals surface area (Å²) in [6.07, 6.45) is 1.72. The minimum absolute atomic E-state index is 0.215. The van der Waals surface area contributed by atoms with E-state index >= 15 is 0 Å². The molecule has 0 saturated carbocycles. The van der Waals surface area contributed by atoms with Crippen molar-refractivity contribution in [3.63, 3.8) is 0 Å². The molecule has 0 fully saturated rings. The quantitative estimate of drug-likeness (QED) is 0.838. The molecule has 2 rings (SSSR count). The maximum absolute atomic E-state index is 11.9. The average molecular weight is 312 g/mol. The minimum Gasteiger partial charge on any atom is -0.399 e. The number of aryl methyl sites for hydroxylation is 1. The first-order valence-corrected chi connectivity index (χ1v) is 6.45. The second-order valence-corrected chi connectivity index (χ2v) is 5.65. The number of thiazole rings is 1. The third-order valence-electron chi connectivity index (χ3n) is 2.02. The molecule has 0 spiro atoms. The number of nitrogens with one attached hydrogen (secondary N) is 1. The molecule has 1 aromatic heterocycles. The Morgan fingerprint density at radius 3 is 2.82 bits per heavy atom. The molecule has 17 heavy (non-hydrogen) atoms. The van der Waals surface area contributed by atoms with Gasteiger partial charge in [-0.25, -0.2) is 4.98 Å². The normalized spacial score (nSPS) is 10.2. The summed E-state index contributed by atoms with van der Waals surface area (Å²) in [6, 6.07) is 5.08. The van der Waals surface area contributed by atoms with E-state index in [1.165, 1.54) is 11.3 Å². The van der Waals surface area contributed by atoms with E-state index in [-0.39, 0.29) is 5.91 Å². The van der Waals surface area contributed by atoms with Gasteiger partial charge in [0.15, 0.2) is 5.13 Å². The van der Waals surface area contributed by atoms with Crippen LogP contribution in [0.1, 0.15) is 15.2 Å². The molecule has 0 atom stereocenters. The number of aromatic nitrogens is 1. The van der Waals surface area contributed by atoms with Crippen molar-refractivity contribution in [3.8, 4) is 0 Å². The largest absolute Gasteiger partial charge is 0.399 e. The number of hydrogen-bond acceptors (Lipinski definition) is 4. The lowest BCUT2D eigenvalue weighted by Crippen LogP contribution is -2.11. The molecule has 6 heteroatoms. The van der Waals surface area contributed by atoms with Gasteiger partial charge < -0.3 is 5.73 Å². The molecule has 1 aromatic carbocycles. The van der Waals surface area contributed by atoms with Crippen molar-refractivity contribution in [1.82, 2.24) is 4.98 Å². The van der Waals surface area contributed by atoms with Crippen molar-refractivity contribution in [2.45, 2.75) is 6.92 Å². The minimum atomic E-state index is -0.215.